The van der Waals surface area contributed by atoms with E-state index in [1.54, 1.807) is 16.8 Å². The molecule has 0 atom stereocenters. The summed E-state index contributed by atoms with van der Waals surface area (Å²) < 4.78 is 1.73. The Kier molecular flexibility index (Phi) is 7.45. The van der Waals surface area contributed by atoms with Crippen molar-refractivity contribution in [1.29, 1.82) is 0 Å². The van der Waals surface area contributed by atoms with Crippen molar-refractivity contribution >= 4 is 40.0 Å². The zero-order chi connectivity index (χ0) is 22.5. The molecule has 0 bridgehead atoms. The van der Waals surface area contributed by atoms with Gasteiger partial charge < -0.3 is 9.80 Å². The second-order valence-corrected chi connectivity index (χ2v) is 8.93. The summed E-state index contributed by atoms with van der Waals surface area (Å²) in [6, 6.07) is 12.8. The number of carbonyl (C=O) groups excluding carboxylic acids is 1. The monoisotopic (exact) mass is 472 g/mol. The van der Waals surface area contributed by atoms with E-state index in [2.05, 4.69) is 10.00 Å². The van der Waals surface area contributed by atoms with Gasteiger partial charge in [0.25, 0.3) is 0 Å². The van der Waals surface area contributed by atoms with E-state index < -0.39 is 0 Å². The van der Waals surface area contributed by atoms with Crippen LogP contribution in [0, 0.1) is 0 Å². The van der Waals surface area contributed by atoms with Gasteiger partial charge in [-0.3, -0.25) is 14.3 Å². The molecule has 1 aliphatic rings. The van der Waals surface area contributed by atoms with Crippen LogP contribution in [0.3, 0.4) is 0 Å². The Labute approximate surface area is 197 Å². The number of para-hydroxylation sites is 1. The quantitative estimate of drug-likeness (QED) is 0.492. The molecule has 0 saturated carbocycles. The van der Waals surface area contributed by atoms with Crippen LogP contribution in [0.25, 0.3) is 10.9 Å². The van der Waals surface area contributed by atoms with E-state index in [4.69, 9.17) is 23.2 Å². The molecule has 0 aliphatic carbocycles. The summed E-state index contributed by atoms with van der Waals surface area (Å²) in [4.78, 5) is 29.6. The number of amides is 1. The minimum absolute atomic E-state index is 0.0415. The van der Waals surface area contributed by atoms with E-state index in [1.165, 1.54) is 19.0 Å². The molecule has 4 rings (SSSR count). The third kappa shape index (κ3) is 5.49. The number of benzene rings is 2. The van der Waals surface area contributed by atoms with Crippen molar-refractivity contribution in [2.24, 2.45) is 0 Å². The molecular formula is C24H26Cl2N4O2. The van der Waals surface area contributed by atoms with Crippen molar-refractivity contribution in [1.82, 2.24) is 19.6 Å². The van der Waals surface area contributed by atoms with E-state index in [0.29, 0.717) is 41.5 Å². The minimum atomic E-state index is -0.116. The van der Waals surface area contributed by atoms with Crippen molar-refractivity contribution in [3.63, 3.8) is 0 Å². The van der Waals surface area contributed by atoms with Gasteiger partial charge in [0.2, 0.25) is 11.3 Å². The van der Waals surface area contributed by atoms with Gasteiger partial charge in [-0.2, -0.15) is 5.10 Å². The summed E-state index contributed by atoms with van der Waals surface area (Å²) in [6.45, 7) is 4.55. The van der Waals surface area contributed by atoms with Crippen molar-refractivity contribution < 1.29 is 4.79 Å². The van der Waals surface area contributed by atoms with E-state index >= 15 is 0 Å². The number of aromatic nitrogens is 2. The molecule has 2 aromatic carbocycles. The average molecular weight is 473 g/mol. The minimum Gasteiger partial charge on any atom is -0.337 e. The van der Waals surface area contributed by atoms with Gasteiger partial charge in [0.05, 0.1) is 28.3 Å². The highest BCUT2D eigenvalue weighted by atomic mass is 35.5. The van der Waals surface area contributed by atoms with E-state index in [1.807, 2.05) is 35.2 Å². The normalized spacial score (nSPS) is 14.2. The third-order valence-corrected chi connectivity index (χ3v) is 6.63. The number of carbonyl (C=O) groups is 1. The van der Waals surface area contributed by atoms with Gasteiger partial charge >= 0.3 is 0 Å². The fourth-order valence-corrected chi connectivity index (χ4v) is 4.44. The number of halogens is 2. The van der Waals surface area contributed by atoms with Crippen LogP contribution in [0.1, 0.15) is 24.8 Å². The van der Waals surface area contributed by atoms with Crippen LogP contribution in [0.4, 0.5) is 0 Å². The molecule has 0 unspecified atom stereocenters. The highest BCUT2D eigenvalue weighted by Gasteiger charge is 2.18. The Balaban J connectivity index is 1.48. The van der Waals surface area contributed by atoms with E-state index in [-0.39, 0.29) is 11.3 Å². The molecule has 1 saturated heterocycles. The van der Waals surface area contributed by atoms with Gasteiger partial charge in [-0.25, -0.2) is 0 Å². The largest absolute Gasteiger partial charge is 0.337 e. The van der Waals surface area contributed by atoms with Gasteiger partial charge in [0.1, 0.15) is 0 Å². The number of rotatable bonds is 8. The van der Waals surface area contributed by atoms with E-state index in [0.717, 1.165) is 30.7 Å². The third-order valence-electron chi connectivity index (χ3n) is 5.89. The first-order valence-electron chi connectivity index (χ1n) is 10.9. The number of nitrogens with zero attached hydrogens (tertiary/aromatic N) is 4. The lowest BCUT2D eigenvalue weighted by Gasteiger charge is -2.26. The van der Waals surface area contributed by atoms with E-state index in [9.17, 15) is 9.59 Å². The van der Waals surface area contributed by atoms with Crippen LogP contribution in [-0.4, -0.2) is 51.7 Å². The molecule has 1 amide bonds. The van der Waals surface area contributed by atoms with Gasteiger partial charge in [-0.1, -0.05) is 41.4 Å². The van der Waals surface area contributed by atoms with Crippen LogP contribution >= 0.6 is 23.2 Å². The molecule has 1 aliphatic heterocycles. The van der Waals surface area contributed by atoms with Crippen molar-refractivity contribution in [3.05, 3.63) is 74.5 Å². The molecule has 0 radical (unpaired) electrons. The second kappa shape index (κ2) is 10.5. The molecule has 3 aromatic rings. The maximum absolute atomic E-state index is 13.2. The standard InChI is InChI=1S/C24H26Cl2N4O2/c25-20-8-7-18(15-21(20)26)17-29(14-13-28-10-3-4-11-28)24(32)9-12-30-22-6-2-1-5-19(22)23(31)16-27-30/h1-2,5-8,15-16H,3-4,9-14,17H2. The highest BCUT2D eigenvalue weighted by molar-refractivity contribution is 6.42. The Hall–Kier alpha value is -2.41. The molecule has 1 aromatic heterocycles. The van der Waals surface area contributed by atoms with Crippen molar-refractivity contribution in [3.8, 4) is 0 Å². The Morgan fingerprint density at radius 1 is 1.03 bits per heavy atom. The van der Waals surface area contributed by atoms with Gasteiger partial charge in [-0.05, 0) is 55.8 Å². The Bertz CT molecular complexity index is 1160. The maximum atomic E-state index is 13.2. The zero-order valence-corrected chi connectivity index (χ0v) is 19.4. The predicted octanol–water partition coefficient (Wildman–Crippen LogP) is 4.22. The lowest BCUT2D eigenvalue weighted by Crippen LogP contribution is -2.38. The van der Waals surface area contributed by atoms with Crippen LogP contribution < -0.4 is 5.43 Å². The smallest absolute Gasteiger partial charge is 0.224 e. The van der Waals surface area contributed by atoms with Gasteiger partial charge in [0, 0.05) is 31.4 Å². The van der Waals surface area contributed by atoms with Crippen LogP contribution in [-0.2, 0) is 17.9 Å². The highest BCUT2D eigenvalue weighted by Crippen LogP contribution is 2.23. The first kappa shape index (κ1) is 22.8. The summed E-state index contributed by atoms with van der Waals surface area (Å²) in [5, 5.41) is 5.84. The first-order valence-corrected chi connectivity index (χ1v) is 11.7. The van der Waals surface area contributed by atoms with Crippen LogP contribution in [0.5, 0.6) is 0 Å². The number of aryl methyl sites for hydroxylation is 1. The molecule has 32 heavy (non-hydrogen) atoms. The second-order valence-electron chi connectivity index (χ2n) is 8.11. The van der Waals surface area contributed by atoms with Crippen molar-refractivity contribution in [2.75, 3.05) is 26.2 Å². The molecular weight excluding hydrogens is 447 g/mol. The summed E-state index contributed by atoms with van der Waals surface area (Å²) in [5.41, 5.74) is 1.57. The fourth-order valence-electron chi connectivity index (χ4n) is 4.12. The van der Waals surface area contributed by atoms with Crippen LogP contribution in [0.15, 0.2) is 53.5 Å². The number of fused-ring (bicyclic) bond motifs is 1. The van der Waals surface area contributed by atoms with Gasteiger partial charge in [0.15, 0.2) is 0 Å². The Morgan fingerprint density at radius 3 is 2.59 bits per heavy atom. The lowest BCUT2D eigenvalue weighted by atomic mass is 10.2. The SMILES string of the molecule is O=C(CCn1ncc(=O)c2ccccc21)N(CCN1CCCC1)Cc1ccc(Cl)c(Cl)c1. The summed E-state index contributed by atoms with van der Waals surface area (Å²) in [5.74, 6) is 0.0415. The summed E-state index contributed by atoms with van der Waals surface area (Å²) in [6.07, 6.45) is 4.03. The molecule has 8 heteroatoms. The summed E-state index contributed by atoms with van der Waals surface area (Å²) >= 11 is 12.2. The van der Waals surface area contributed by atoms with Crippen molar-refractivity contribution in [2.45, 2.75) is 32.4 Å². The number of hydrogen-bond acceptors (Lipinski definition) is 4. The number of hydrogen-bond donors (Lipinski definition) is 0. The summed E-state index contributed by atoms with van der Waals surface area (Å²) in [7, 11) is 0. The Morgan fingerprint density at radius 2 is 1.81 bits per heavy atom. The topological polar surface area (TPSA) is 58.4 Å². The molecule has 2 heterocycles. The first-order chi connectivity index (χ1) is 15.5. The maximum Gasteiger partial charge on any atom is 0.224 e. The molecule has 0 spiro atoms. The number of likely N-dealkylation sites (tertiary alicyclic amines) is 1. The fraction of sp³-hybridized carbons (Fsp3) is 0.375. The molecule has 168 valence electrons. The molecule has 0 N–H and O–H groups in total. The van der Waals surface area contributed by atoms with Crippen LogP contribution in [0.2, 0.25) is 10.0 Å². The average Bonchev–Trinajstić information content (AvgIpc) is 3.32. The lowest BCUT2D eigenvalue weighted by molar-refractivity contribution is -0.132. The molecule has 1 fully saturated rings. The molecule has 6 nitrogen and oxygen atoms in total. The predicted molar refractivity (Wildman–Crippen MR) is 128 cm³/mol. The van der Waals surface area contributed by atoms with Gasteiger partial charge in [-0.15, -0.1) is 0 Å². The zero-order valence-electron chi connectivity index (χ0n) is 17.8.